The molecule has 0 N–H and O–H groups in total. The molecular weight excluding hydrogens is 572 g/mol. The third-order valence-electron chi connectivity index (χ3n) is 9.80. The fraction of sp³-hybridized carbons (Fsp3) is 0.0227. The molecule has 0 fully saturated rings. The molecule has 220 valence electrons. The zero-order valence-corrected chi connectivity index (χ0v) is 25.5. The van der Waals surface area contributed by atoms with E-state index in [-0.39, 0.29) is 6.10 Å². The van der Waals surface area contributed by atoms with Crippen LogP contribution in [0.15, 0.2) is 170 Å². The first-order chi connectivity index (χ1) is 23.3. The number of allylic oxidation sites excluding steroid dienone is 2. The van der Waals surface area contributed by atoms with Crippen molar-refractivity contribution < 1.29 is 9.31 Å². The highest BCUT2D eigenvalue weighted by atomic mass is 16.5. The van der Waals surface area contributed by atoms with Crippen LogP contribution in [0.5, 0.6) is 0 Å². The summed E-state index contributed by atoms with van der Waals surface area (Å²) < 4.78 is 11.0. The Morgan fingerprint density at radius 1 is 0.511 bits per heavy atom. The summed E-state index contributed by atoms with van der Waals surface area (Å²) in [5.74, 6) is 0. The molecule has 1 atom stereocenters. The molecule has 0 bridgehead atoms. The van der Waals surface area contributed by atoms with E-state index < -0.39 is 0 Å². The molecule has 3 nitrogen and oxygen atoms in total. The fourth-order valence-electron chi connectivity index (χ4n) is 7.73. The van der Waals surface area contributed by atoms with Crippen molar-refractivity contribution in [3.8, 4) is 27.9 Å². The van der Waals surface area contributed by atoms with Gasteiger partial charge in [0.1, 0.15) is 6.26 Å². The molecule has 7 aromatic rings. The van der Waals surface area contributed by atoms with Crippen LogP contribution in [0.3, 0.4) is 0 Å². The number of ether oxygens (including phenoxy) is 1. The van der Waals surface area contributed by atoms with Gasteiger partial charge in [-0.1, -0.05) is 109 Å². The van der Waals surface area contributed by atoms with Crippen LogP contribution in [0.25, 0.3) is 60.9 Å². The van der Waals surface area contributed by atoms with Gasteiger partial charge in [-0.2, -0.15) is 4.58 Å². The molecule has 3 aliphatic rings. The van der Waals surface area contributed by atoms with Crippen LogP contribution in [0.2, 0.25) is 0 Å². The van der Waals surface area contributed by atoms with E-state index in [4.69, 9.17) is 4.74 Å². The largest absolute Gasteiger partial charge is 0.477 e. The molecule has 2 heterocycles. The molecule has 1 unspecified atom stereocenters. The minimum atomic E-state index is -0.217. The summed E-state index contributed by atoms with van der Waals surface area (Å²) >= 11 is 0. The monoisotopic (exact) mass is 601 g/mol. The van der Waals surface area contributed by atoms with E-state index in [1.165, 1.54) is 66.3 Å². The second kappa shape index (κ2) is 10.2. The summed E-state index contributed by atoms with van der Waals surface area (Å²) in [5.41, 5.74) is 15.4. The van der Waals surface area contributed by atoms with Gasteiger partial charge in [-0.3, -0.25) is 0 Å². The standard InChI is InChI=1S/C44H29N2O/c1-2-12-29(13-3-1)45-24-25-47-44-28-40-34-17-7-6-15-32(34)31-14-4-5-16-33(31)35-23-22-30(26-38(35)39(40)27-43(44)45)46-41-20-10-8-18-36(41)37-19-9-11-21-42(37)46/h1-28,44H/q+1. The van der Waals surface area contributed by atoms with Gasteiger partial charge in [-0.25, -0.2) is 0 Å². The first kappa shape index (κ1) is 26.1. The Hall–Kier alpha value is -6.19. The fourth-order valence-corrected chi connectivity index (χ4v) is 7.73. The number of aromatic nitrogens is 1. The van der Waals surface area contributed by atoms with E-state index in [2.05, 4.69) is 167 Å². The van der Waals surface area contributed by atoms with Crippen LogP contribution in [0, 0.1) is 0 Å². The predicted octanol–water partition coefficient (Wildman–Crippen LogP) is 10.6. The van der Waals surface area contributed by atoms with E-state index in [0.29, 0.717) is 0 Å². The highest BCUT2D eigenvalue weighted by Gasteiger charge is 2.35. The number of nitrogens with zero attached hydrogens (tertiary/aromatic N) is 2. The zero-order valence-electron chi connectivity index (χ0n) is 25.5. The van der Waals surface area contributed by atoms with E-state index in [0.717, 1.165) is 17.1 Å². The minimum Gasteiger partial charge on any atom is -0.477 e. The number of hydrogen-bond donors (Lipinski definition) is 0. The van der Waals surface area contributed by atoms with Gasteiger partial charge in [0.2, 0.25) is 23.7 Å². The molecule has 6 aromatic carbocycles. The molecular formula is C44H29N2O+. The van der Waals surface area contributed by atoms with Crippen molar-refractivity contribution in [1.29, 1.82) is 0 Å². The molecule has 0 spiro atoms. The van der Waals surface area contributed by atoms with Crippen LogP contribution >= 0.6 is 0 Å². The SMILES string of the molecule is C1=C[N+](c2ccccc2)=C2C=C3C(=CC2O1)c1ccccc1-c1ccccc1-c1ccc(-n2c4ccccc4c4ccccc42)cc13. The van der Waals surface area contributed by atoms with Crippen molar-refractivity contribution in [2.24, 2.45) is 0 Å². The Kier molecular flexibility index (Phi) is 5.64. The highest BCUT2D eigenvalue weighted by molar-refractivity contribution is 6.22. The van der Waals surface area contributed by atoms with E-state index in [1.807, 2.05) is 12.5 Å². The van der Waals surface area contributed by atoms with Crippen LogP contribution in [-0.2, 0) is 4.74 Å². The highest BCUT2D eigenvalue weighted by Crippen LogP contribution is 2.49. The van der Waals surface area contributed by atoms with Crippen molar-refractivity contribution in [2.75, 3.05) is 0 Å². The predicted molar refractivity (Wildman–Crippen MR) is 193 cm³/mol. The van der Waals surface area contributed by atoms with Gasteiger partial charge in [0.25, 0.3) is 0 Å². The van der Waals surface area contributed by atoms with Gasteiger partial charge in [-0.05, 0) is 74.9 Å². The summed E-state index contributed by atoms with van der Waals surface area (Å²) in [4.78, 5) is 0. The lowest BCUT2D eigenvalue weighted by Crippen LogP contribution is -2.31. The van der Waals surface area contributed by atoms with Gasteiger partial charge in [0.05, 0.1) is 11.0 Å². The second-order valence-electron chi connectivity index (χ2n) is 12.3. The summed E-state index contributed by atoms with van der Waals surface area (Å²) in [7, 11) is 0. The van der Waals surface area contributed by atoms with Crippen LogP contribution in [-0.4, -0.2) is 21.0 Å². The van der Waals surface area contributed by atoms with E-state index >= 15 is 0 Å². The summed E-state index contributed by atoms with van der Waals surface area (Å²) in [6.45, 7) is 0. The maximum absolute atomic E-state index is 6.32. The normalized spacial score (nSPS) is 16.1. The number of rotatable bonds is 2. The quantitative estimate of drug-likeness (QED) is 0.180. The molecule has 0 saturated carbocycles. The van der Waals surface area contributed by atoms with Crippen molar-refractivity contribution in [3.05, 3.63) is 181 Å². The van der Waals surface area contributed by atoms with Gasteiger partial charge < -0.3 is 9.30 Å². The molecule has 47 heavy (non-hydrogen) atoms. The molecule has 1 aromatic heterocycles. The Morgan fingerprint density at radius 2 is 1.09 bits per heavy atom. The van der Waals surface area contributed by atoms with Crippen LogP contribution in [0.4, 0.5) is 5.69 Å². The Balaban J connectivity index is 1.31. The van der Waals surface area contributed by atoms with Gasteiger partial charge in [0, 0.05) is 34.7 Å². The number of hydrogen-bond acceptors (Lipinski definition) is 1. The van der Waals surface area contributed by atoms with Crippen LogP contribution in [0.1, 0.15) is 11.1 Å². The first-order valence-corrected chi connectivity index (χ1v) is 16.1. The van der Waals surface area contributed by atoms with Gasteiger partial charge in [-0.15, -0.1) is 0 Å². The maximum atomic E-state index is 6.32. The molecule has 0 saturated heterocycles. The average molecular weight is 602 g/mol. The van der Waals surface area contributed by atoms with Crippen molar-refractivity contribution in [2.45, 2.75) is 6.10 Å². The molecule has 0 amide bonds. The summed E-state index contributed by atoms with van der Waals surface area (Å²) in [6, 6.07) is 52.6. The summed E-state index contributed by atoms with van der Waals surface area (Å²) in [6.07, 6.45) is 8.29. The van der Waals surface area contributed by atoms with Gasteiger partial charge in [0.15, 0.2) is 0 Å². The number of para-hydroxylation sites is 3. The lowest BCUT2D eigenvalue weighted by Gasteiger charge is -2.29. The molecule has 3 heteroatoms. The average Bonchev–Trinajstić information content (AvgIpc) is 3.48. The van der Waals surface area contributed by atoms with Crippen molar-refractivity contribution in [3.63, 3.8) is 0 Å². The molecule has 10 rings (SSSR count). The van der Waals surface area contributed by atoms with Crippen LogP contribution < -0.4 is 0 Å². The first-order valence-electron chi connectivity index (χ1n) is 16.1. The Bertz CT molecular complexity index is 2490. The smallest absolute Gasteiger partial charge is 0.233 e. The van der Waals surface area contributed by atoms with Crippen molar-refractivity contribution >= 4 is 44.4 Å². The molecule has 2 aliphatic carbocycles. The third-order valence-corrected chi connectivity index (χ3v) is 9.80. The van der Waals surface area contributed by atoms with Crippen molar-refractivity contribution in [1.82, 2.24) is 4.57 Å². The zero-order chi connectivity index (χ0) is 30.9. The third kappa shape index (κ3) is 3.90. The Labute approximate surface area is 272 Å². The lowest BCUT2D eigenvalue weighted by molar-refractivity contribution is -0.370. The molecule has 0 radical (unpaired) electrons. The number of fused-ring (bicyclic) bond motifs is 12. The minimum absolute atomic E-state index is 0.217. The number of benzene rings is 6. The summed E-state index contributed by atoms with van der Waals surface area (Å²) in [5, 5.41) is 2.52. The molecule has 1 aliphatic heterocycles. The van der Waals surface area contributed by atoms with E-state index in [9.17, 15) is 0 Å². The van der Waals surface area contributed by atoms with Gasteiger partial charge >= 0.3 is 0 Å². The van der Waals surface area contributed by atoms with E-state index in [1.54, 1.807) is 0 Å². The Morgan fingerprint density at radius 3 is 1.79 bits per heavy atom. The maximum Gasteiger partial charge on any atom is 0.233 e. The topological polar surface area (TPSA) is 17.2 Å². The lowest BCUT2D eigenvalue weighted by atomic mass is 9.76. The second-order valence-corrected chi connectivity index (χ2v) is 12.3.